The fourth-order valence-electron chi connectivity index (χ4n) is 3.53. The van der Waals surface area contributed by atoms with Crippen LogP contribution in [0.15, 0.2) is 17.5 Å². The minimum absolute atomic E-state index is 0.0473. The van der Waals surface area contributed by atoms with E-state index in [1.807, 2.05) is 17.7 Å². The van der Waals surface area contributed by atoms with E-state index in [0.29, 0.717) is 6.54 Å². The van der Waals surface area contributed by atoms with Gasteiger partial charge in [0, 0.05) is 23.2 Å². The van der Waals surface area contributed by atoms with Gasteiger partial charge in [-0.1, -0.05) is 0 Å². The molecular formula is C18H20N6O4S. The molecular weight excluding hydrogens is 396 g/mol. The quantitative estimate of drug-likeness (QED) is 0.437. The third-order valence-electron chi connectivity index (χ3n) is 4.90. The molecule has 0 radical (unpaired) electrons. The molecule has 0 saturated carbocycles. The Hall–Kier alpha value is -3.05. The van der Waals surface area contributed by atoms with Crippen molar-refractivity contribution >= 4 is 35.1 Å². The van der Waals surface area contributed by atoms with Crippen molar-refractivity contribution in [3.8, 4) is 0 Å². The molecule has 0 spiro atoms. The van der Waals surface area contributed by atoms with Crippen LogP contribution in [0.4, 0.5) is 10.6 Å². The van der Waals surface area contributed by atoms with Crippen molar-refractivity contribution < 1.29 is 19.1 Å². The molecule has 2 aromatic rings. The van der Waals surface area contributed by atoms with Gasteiger partial charge in [0.15, 0.2) is 0 Å². The van der Waals surface area contributed by atoms with Gasteiger partial charge in [-0.05, 0) is 31.9 Å². The first kappa shape index (κ1) is 19.3. The summed E-state index contributed by atoms with van der Waals surface area (Å²) in [5.41, 5.74) is 3.15. The van der Waals surface area contributed by atoms with Crippen molar-refractivity contribution in [1.29, 1.82) is 0 Å². The number of ether oxygens (including phenoxy) is 1. The molecule has 4 rings (SSSR count). The number of hydrogen-bond acceptors (Lipinski definition) is 8. The minimum atomic E-state index is -0.651. The van der Waals surface area contributed by atoms with Gasteiger partial charge in [0.05, 0.1) is 12.6 Å². The number of amides is 3. The number of aromatic nitrogens is 2. The Morgan fingerprint density at radius 1 is 1.31 bits per heavy atom. The van der Waals surface area contributed by atoms with Gasteiger partial charge in [0.25, 0.3) is 11.8 Å². The van der Waals surface area contributed by atoms with E-state index in [0.717, 1.165) is 23.5 Å². The lowest BCUT2D eigenvalue weighted by molar-refractivity contribution is 0.0735. The molecule has 3 amide bonds. The number of anilines is 1. The predicted octanol–water partition coefficient (Wildman–Crippen LogP) is 1.38. The topological polar surface area (TPSA) is 131 Å². The van der Waals surface area contributed by atoms with Crippen molar-refractivity contribution in [2.24, 2.45) is 5.84 Å². The van der Waals surface area contributed by atoms with Crippen LogP contribution in [0.2, 0.25) is 0 Å². The maximum atomic E-state index is 13.3. The highest BCUT2D eigenvalue weighted by Gasteiger charge is 2.34. The van der Waals surface area contributed by atoms with E-state index in [1.54, 1.807) is 4.90 Å². The van der Waals surface area contributed by atoms with Crippen LogP contribution in [-0.4, -0.2) is 52.5 Å². The van der Waals surface area contributed by atoms with Crippen LogP contribution in [0, 0.1) is 6.92 Å². The molecule has 152 valence electrons. The molecule has 10 nitrogen and oxygen atoms in total. The van der Waals surface area contributed by atoms with Crippen molar-refractivity contribution in [1.82, 2.24) is 20.3 Å². The average Bonchev–Trinajstić information content (AvgIpc) is 3.46. The third kappa shape index (κ3) is 3.66. The fourth-order valence-corrected chi connectivity index (χ4v) is 4.47. The lowest BCUT2D eigenvalue weighted by atomic mass is 10.1. The van der Waals surface area contributed by atoms with E-state index in [2.05, 4.69) is 9.97 Å². The Morgan fingerprint density at radius 3 is 2.79 bits per heavy atom. The van der Waals surface area contributed by atoms with Gasteiger partial charge in [-0.15, -0.1) is 11.3 Å². The molecule has 0 aromatic carbocycles. The number of carbonyl (C=O) groups is 3. The lowest BCUT2D eigenvalue weighted by Crippen LogP contribution is -2.34. The zero-order valence-electron chi connectivity index (χ0n) is 15.8. The zero-order valence-corrected chi connectivity index (χ0v) is 16.6. The molecule has 11 heteroatoms. The van der Waals surface area contributed by atoms with Crippen molar-refractivity contribution in [2.45, 2.75) is 25.8 Å². The summed E-state index contributed by atoms with van der Waals surface area (Å²) in [6, 6.07) is 2.78. The third-order valence-corrected chi connectivity index (χ3v) is 5.96. The van der Waals surface area contributed by atoms with E-state index in [-0.39, 0.29) is 42.2 Å². The summed E-state index contributed by atoms with van der Waals surface area (Å²) in [5, 5.41) is 2.86. The van der Waals surface area contributed by atoms with Crippen LogP contribution >= 0.6 is 11.3 Å². The van der Waals surface area contributed by atoms with Crippen LogP contribution in [-0.2, 0) is 4.74 Å². The highest BCUT2D eigenvalue weighted by atomic mass is 32.1. The van der Waals surface area contributed by atoms with Gasteiger partial charge in [-0.2, -0.15) is 0 Å². The van der Waals surface area contributed by atoms with Crippen LogP contribution in [0.25, 0.3) is 0 Å². The number of hydrogen-bond donors (Lipinski definition) is 2. The largest absolute Gasteiger partial charge is 0.447 e. The first-order valence-electron chi connectivity index (χ1n) is 9.18. The number of nitrogen functional groups attached to an aromatic ring is 1. The summed E-state index contributed by atoms with van der Waals surface area (Å²) in [6.07, 6.45) is 1.12. The second kappa shape index (κ2) is 7.76. The second-order valence-corrected chi connectivity index (χ2v) is 7.71. The highest BCUT2D eigenvalue weighted by Crippen LogP contribution is 2.35. The van der Waals surface area contributed by atoms with Gasteiger partial charge in [0.1, 0.15) is 23.1 Å². The molecule has 29 heavy (non-hydrogen) atoms. The number of cyclic esters (lactones) is 1. The van der Waals surface area contributed by atoms with E-state index in [4.69, 9.17) is 10.6 Å². The molecule has 2 aromatic heterocycles. The Balaban J connectivity index is 1.69. The number of hydrazine groups is 1. The van der Waals surface area contributed by atoms with Crippen LogP contribution in [0.5, 0.6) is 0 Å². The number of nitrogens with zero attached hydrogens (tertiary/aromatic N) is 4. The molecule has 2 aliphatic heterocycles. The number of likely N-dealkylation sites (tertiary alicyclic amines) is 1. The maximum absolute atomic E-state index is 13.3. The van der Waals surface area contributed by atoms with Gasteiger partial charge < -0.3 is 9.64 Å². The van der Waals surface area contributed by atoms with Gasteiger partial charge >= 0.3 is 6.09 Å². The summed E-state index contributed by atoms with van der Waals surface area (Å²) in [7, 11) is 0. The number of nitrogens with one attached hydrogen (secondary N) is 1. The van der Waals surface area contributed by atoms with E-state index in [1.165, 1.54) is 28.4 Å². The Morgan fingerprint density at radius 2 is 2.14 bits per heavy atom. The van der Waals surface area contributed by atoms with Crippen molar-refractivity contribution in [3.05, 3.63) is 39.5 Å². The molecule has 1 atom stereocenters. The van der Waals surface area contributed by atoms with Gasteiger partial charge in [0.2, 0.25) is 0 Å². The van der Waals surface area contributed by atoms with Crippen LogP contribution in [0.1, 0.15) is 50.4 Å². The fraction of sp³-hybridized carbons (Fsp3) is 0.389. The second-order valence-electron chi connectivity index (χ2n) is 6.82. The number of carbonyl (C=O) groups excluding carboxylic acids is 3. The normalized spacial score (nSPS) is 18.8. The predicted molar refractivity (Wildman–Crippen MR) is 104 cm³/mol. The maximum Gasteiger partial charge on any atom is 0.415 e. The minimum Gasteiger partial charge on any atom is -0.447 e. The zero-order chi connectivity index (χ0) is 20.5. The lowest BCUT2D eigenvalue weighted by Gasteiger charge is -2.24. The monoisotopic (exact) mass is 416 g/mol. The molecule has 0 unspecified atom stereocenters. The average molecular weight is 416 g/mol. The smallest absolute Gasteiger partial charge is 0.415 e. The first-order chi connectivity index (χ1) is 14.0. The summed E-state index contributed by atoms with van der Waals surface area (Å²) in [6.45, 7) is 3.01. The SMILES string of the molecule is Cc1csc([C@H]2CCCN2C(=O)c2cc(C(=O)NN)nc(N3CCOC3=O)c2)n1. The molecule has 3 N–H and O–H groups in total. The Labute approximate surface area is 170 Å². The summed E-state index contributed by atoms with van der Waals surface area (Å²) in [5.74, 6) is 4.52. The number of aryl methyl sites for hydroxylation is 1. The molecule has 2 fully saturated rings. The summed E-state index contributed by atoms with van der Waals surface area (Å²) >= 11 is 1.53. The highest BCUT2D eigenvalue weighted by molar-refractivity contribution is 7.09. The number of pyridine rings is 1. The van der Waals surface area contributed by atoms with E-state index >= 15 is 0 Å². The van der Waals surface area contributed by atoms with Crippen LogP contribution in [0.3, 0.4) is 0 Å². The number of nitrogens with two attached hydrogens (primary N) is 1. The molecule has 4 heterocycles. The summed E-state index contributed by atoms with van der Waals surface area (Å²) < 4.78 is 4.94. The van der Waals surface area contributed by atoms with Gasteiger partial charge in [-0.3, -0.25) is 19.9 Å². The Bertz CT molecular complexity index is 977. The molecule has 2 aliphatic rings. The first-order valence-corrected chi connectivity index (χ1v) is 10.1. The number of rotatable bonds is 4. The molecule has 0 bridgehead atoms. The Kier molecular flexibility index (Phi) is 5.16. The number of thiazole rings is 1. The van der Waals surface area contributed by atoms with E-state index < -0.39 is 12.0 Å². The molecule has 0 aliphatic carbocycles. The van der Waals surface area contributed by atoms with Crippen molar-refractivity contribution in [3.63, 3.8) is 0 Å². The summed E-state index contributed by atoms with van der Waals surface area (Å²) in [4.78, 5) is 49.1. The van der Waals surface area contributed by atoms with Crippen LogP contribution < -0.4 is 16.2 Å². The van der Waals surface area contributed by atoms with E-state index in [9.17, 15) is 14.4 Å². The molecule has 2 saturated heterocycles. The van der Waals surface area contributed by atoms with Gasteiger partial charge in [-0.25, -0.2) is 20.6 Å². The van der Waals surface area contributed by atoms with Crippen molar-refractivity contribution in [2.75, 3.05) is 24.6 Å². The standard InChI is InChI=1S/C18H20N6O4S/c1-10-9-29-16(20-10)13-3-2-4-23(13)17(26)11-7-12(15(25)22-19)21-14(8-11)24-5-6-28-18(24)27/h7-9,13H,2-6,19H2,1H3,(H,22,25)/t13-/m1/s1.